The number of hydrogen-bond acceptors (Lipinski definition) is 5. The molecule has 1 saturated carbocycles. The van der Waals surface area contributed by atoms with E-state index in [4.69, 9.17) is 4.74 Å². The van der Waals surface area contributed by atoms with E-state index < -0.39 is 6.04 Å². The van der Waals surface area contributed by atoms with E-state index in [1.54, 1.807) is 17.0 Å². The number of benzene rings is 2. The number of amides is 1. The second-order valence-electron chi connectivity index (χ2n) is 7.84. The van der Waals surface area contributed by atoms with Crippen LogP contribution in [0.4, 0.5) is 0 Å². The number of carbonyl (C=O) groups excluding carboxylic acids is 3. The molecule has 2 aromatic rings. The first kappa shape index (κ1) is 20.3. The molecule has 6 heteroatoms. The molecule has 1 heterocycles. The molecule has 156 valence electrons. The first-order valence-electron chi connectivity index (χ1n) is 10.5. The minimum atomic E-state index is -0.514. The molecule has 4 rings (SSSR count). The zero-order chi connectivity index (χ0) is 21.1. The molecule has 1 aliphatic heterocycles. The Balaban J connectivity index is 1.45. The van der Waals surface area contributed by atoms with Crippen molar-refractivity contribution in [1.29, 1.82) is 0 Å². The highest BCUT2D eigenvalue weighted by Gasteiger charge is 2.39. The summed E-state index contributed by atoms with van der Waals surface area (Å²) in [6, 6.07) is 13.2. The molecule has 6 nitrogen and oxygen atoms in total. The Morgan fingerprint density at radius 3 is 2.57 bits per heavy atom. The van der Waals surface area contributed by atoms with E-state index in [0.29, 0.717) is 37.3 Å². The minimum absolute atomic E-state index is 0.0408. The molecule has 30 heavy (non-hydrogen) atoms. The van der Waals surface area contributed by atoms with Crippen LogP contribution >= 0.6 is 0 Å². The lowest BCUT2D eigenvalue weighted by Crippen LogP contribution is -2.44. The van der Waals surface area contributed by atoms with Gasteiger partial charge in [0.15, 0.2) is 5.78 Å². The van der Waals surface area contributed by atoms with Crippen LogP contribution in [0.1, 0.15) is 53.2 Å². The largest absolute Gasteiger partial charge is 0.489 e. The lowest BCUT2D eigenvalue weighted by molar-refractivity contribution is -0.133. The molecular weight excluding hydrogens is 380 g/mol. The van der Waals surface area contributed by atoms with Gasteiger partial charge in [-0.05, 0) is 36.2 Å². The van der Waals surface area contributed by atoms with Crippen molar-refractivity contribution in [3.8, 4) is 5.75 Å². The monoisotopic (exact) mass is 406 g/mol. The van der Waals surface area contributed by atoms with Crippen molar-refractivity contribution >= 4 is 17.5 Å². The van der Waals surface area contributed by atoms with Crippen LogP contribution in [0.25, 0.3) is 0 Å². The standard InChI is InChI=1S/C24H26N2O4/c1-2-25-13-16-6-8-17(9-7-16)15-30-23-5-3-4-19-20(23)14-26(24(19)29)21-11-10-18(27)12-22(21)28/h3-9,21,25H,2,10-15H2,1H3. The summed E-state index contributed by atoms with van der Waals surface area (Å²) in [4.78, 5) is 38.4. The van der Waals surface area contributed by atoms with Crippen LogP contribution in [0.15, 0.2) is 42.5 Å². The van der Waals surface area contributed by atoms with Gasteiger partial charge in [0, 0.05) is 24.1 Å². The van der Waals surface area contributed by atoms with Gasteiger partial charge in [-0.1, -0.05) is 37.3 Å². The maximum atomic E-state index is 12.9. The van der Waals surface area contributed by atoms with Crippen LogP contribution in [0.2, 0.25) is 0 Å². The fourth-order valence-electron chi connectivity index (χ4n) is 4.09. The van der Waals surface area contributed by atoms with E-state index in [-0.39, 0.29) is 23.9 Å². The molecule has 2 aromatic carbocycles. The molecule has 1 aliphatic carbocycles. The highest BCUT2D eigenvalue weighted by atomic mass is 16.5. The Kier molecular flexibility index (Phi) is 5.95. The van der Waals surface area contributed by atoms with E-state index in [1.807, 2.05) is 18.2 Å². The molecule has 1 amide bonds. The topological polar surface area (TPSA) is 75.7 Å². The van der Waals surface area contributed by atoms with Crippen molar-refractivity contribution < 1.29 is 19.1 Å². The number of hydrogen-bond donors (Lipinski definition) is 1. The summed E-state index contributed by atoms with van der Waals surface area (Å²) in [7, 11) is 0. The summed E-state index contributed by atoms with van der Waals surface area (Å²) in [5.41, 5.74) is 3.67. The van der Waals surface area contributed by atoms with Gasteiger partial charge in [0.25, 0.3) is 5.91 Å². The molecule has 0 bridgehead atoms. The number of ketones is 2. The van der Waals surface area contributed by atoms with Gasteiger partial charge >= 0.3 is 0 Å². The van der Waals surface area contributed by atoms with Crippen molar-refractivity contribution in [2.24, 2.45) is 0 Å². The lowest BCUT2D eigenvalue weighted by atomic mass is 9.92. The summed E-state index contributed by atoms with van der Waals surface area (Å²) < 4.78 is 6.05. The second kappa shape index (κ2) is 8.79. The van der Waals surface area contributed by atoms with Gasteiger partial charge in [-0.15, -0.1) is 0 Å². The molecule has 0 saturated heterocycles. The fourth-order valence-corrected chi connectivity index (χ4v) is 4.09. The summed E-state index contributed by atoms with van der Waals surface area (Å²) in [6.07, 6.45) is 0.689. The molecule has 2 aliphatic rings. The van der Waals surface area contributed by atoms with Gasteiger partial charge in [0.05, 0.1) is 19.0 Å². The highest BCUT2D eigenvalue weighted by molar-refractivity contribution is 6.07. The van der Waals surface area contributed by atoms with Gasteiger partial charge in [-0.3, -0.25) is 14.4 Å². The van der Waals surface area contributed by atoms with Crippen molar-refractivity contribution in [3.05, 3.63) is 64.7 Å². The SMILES string of the molecule is CCNCc1ccc(COc2cccc3c2CN(C2CCC(=O)CC2=O)C3=O)cc1. The Labute approximate surface area is 176 Å². The van der Waals surface area contributed by atoms with E-state index in [9.17, 15) is 14.4 Å². The number of Topliss-reactive ketones (excluding diaryl/α,β-unsaturated/α-hetero) is 2. The van der Waals surface area contributed by atoms with Gasteiger partial charge in [-0.2, -0.15) is 0 Å². The van der Waals surface area contributed by atoms with Crippen LogP contribution < -0.4 is 10.1 Å². The van der Waals surface area contributed by atoms with Crippen LogP contribution in [0, 0.1) is 0 Å². The smallest absolute Gasteiger partial charge is 0.255 e. The van der Waals surface area contributed by atoms with Gasteiger partial charge < -0.3 is 15.0 Å². The Hall–Kier alpha value is -2.99. The van der Waals surface area contributed by atoms with Crippen molar-refractivity contribution in [1.82, 2.24) is 10.2 Å². The Bertz CT molecular complexity index is 968. The summed E-state index contributed by atoms with van der Waals surface area (Å²) in [5.74, 6) is 0.309. The minimum Gasteiger partial charge on any atom is -0.489 e. The van der Waals surface area contributed by atoms with E-state index in [2.05, 4.69) is 24.4 Å². The number of nitrogens with zero attached hydrogens (tertiary/aromatic N) is 1. The average Bonchev–Trinajstić information content (AvgIpc) is 3.08. The molecule has 1 atom stereocenters. The maximum Gasteiger partial charge on any atom is 0.255 e. The maximum absolute atomic E-state index is 12.9. The van der Waals surface area contributed by atoms with E-state index in [0.717, 1.165) is 24.2 Å². The first-order chi connectivity index (χ1) is 14.6. The van der Waals surface area contributed by atoms with E-state index in [1.165, 1.54) is 5.56 Å². The highest BCUT2D eigenvalue weighted by Crippen LogP contribution is 2.34. The predicted octanol–water partition coefficient (Wildman–Crippen LogP) is 3.02. The lowest BCUT2D eigenvalue weighted by Gasteiger charge is -2.29. The van der Waals surface area contributed by atoms with Crippen LogP contribution in [0.3, 0.4) is 0 Å². The number of carbonyl (C=O) groups is 3. The zero-order valence-corrected chi connectivity index (χ0v) is 17.1. The molecule has 1 fully saturated rings. The predicted molar refractivity (Wildman–Crippen MR) is 112 cm³/mol. The average molecular weight is 406 g/mol. The quantitative estimate of drug-likeness (QED) is 0.716. The first-order valence-corrected chi connectivity index (χ1v) is 10.5. The molecular formula is C24H26N2O4. The van der Waals surface area contributed by atoms with Gasteiger partial charge in [-0.25, -0.2) is 0 Å². The number of ether oxygens (including phenoxy) is 1. The number of nitrogens with one attached hydrogen (secondary N) is 1. The van der Waals surface area contributed by atoms with Crippen molar-refractivity contribution in [3.63, 3.8) is 0 Å². The Morgan fingerprint density at radius 1 is 1.07 bits per heavy atom. The van der Waals surface area contributed by atoms with Gasteiger partial charge in [0.2, 0.25) is 0 Å². The summed E-state index contributed by atoms with van der Waals surface area (Å²) in [5, 5.41) is 3.30. The van der Waals surface area contributed by atoms with Crippen LogP contribution in [-0.2, 0) is 29.3 Å². The third-order valence-electron chi connectivity index (χ3n) is 5.77. The second-order valence-corrected chi connectivity index (χ2v) is 7.84. The number of rotatable bonds is 7. The van der Waals surface area contributed by atoms with Crippen LogP contribution in [-0.4, -0.2) is 35.0 Å². The van der Waals surface area contributed by atoms with E-state index >= 15 is 0 Å². The zero-order valence-electron chi connectivity index (χ0n) is 17.1. The number of fused-ring (bicyclic) bond motifs is 1. The summed E-state index contributed by atoms with van der Waals surface area (Å²) >= 11 is 0. The third kappa shape index (κ3) is 4.14. The third-order valence-corrected chi connectivity index (χ3v) is 5.77. The molecule has 0 radical (unpaired) electrons. The van der Waals surface area contributed by atoms with Crippen LogP contribution in [0.5, 0.6) is 5.75 Å². The molecule has 1 N–H and O–H groups in total. The van der Waals surface area contributed by atoms with Crippen molar-refractivity contribution in [2.75, 3.05) is 6.54 Å². The normalized spacial score (nSPS) is 18.6. The van der Waals surface area contributed by atoms with Crippen molar-refractivity contribution in [2.45, 2.75) is 51.9 Å². The summed E-state index contributed by atoms with van der Waals surface area (Å²) in [6.45, 7) is 4.60. The Morgan fingerprint density at radius 2 is 1.83 bits per heavy atom. The molecule has 1 unspecified atom stereocenters. The molecule has 0 aromatic heterocycles. The molecule has 0 spiro atoms. The van der Waals surface area contributed by atoms with Gasteiger partial charge in [0.1, 0.15) is 18.1 Å². The fraction of sp³-hybridized carbons (Fsp3) is 0.375.